The molecule has 0 radical (unpaired) electrons. The maximum absolute atomic E-state index is 6.62. The Morgan fingerprint density at radius 1 is 1.09 bits per heavy atom. The van der Waals surface area contributed by atoms with Gasteiger partial charge in [-0.05, 0) is 57.4 Å². The summed E-state index contributed by atoms with van der Waals surface area (Å²) < 4.78 is 25.2. The molecule has 7 heteroatoms. The average Bonchev–Trinajstić information content (AvgIpc) is 3.46. The van der Waals surface area contributed by atoms with Gasteiger partial charge in [-0.25, -0.2) is 0 Å². The molecule has 1 fully saturated rings. The molecule has 1 aromatic carbocycles. The highest BCUT2D eigenvalue weighted by Crippen LogP contribution is 2.41. The van der Waals surface area contributed by atoms with Crippen LogP contribution in [0.4, 0.5) is 0 Å². The van der Waals surface area contributed by atoms with E-state index in [1.54, 1.807) is 0 Å². The van der Waals surface area contributed by atoms with Crippen molar-refractivity contribution in [1.29, 1.82) is 0 Å². The van der Waals surface area contributed by atoms with E-state index in [1.165, 1.54) is 37.8 Å². The van der Waals surface area contributed by atoms with E-state index in [4.69, 9.17) is 18.9 Å². The van der Waals surface area contributed by atoms with Gasteiger partial charge in [-0.1, -0.05) is 19.3 Å². The number of aryl methyl sites for hydroxylation is 1. The lowest BCUT2D eigenvalue weighted by molar-refractivity contribution is -0.0964. The Hall–Kier alpha value is -2.25. The molecule has 0 amide bonds. The quantitative estimate of drug-likeness (QED) is 0.481. The van der Waals surface area contributed by atoms with Gasteiger partial charge in [-0.3, -0.25) is 4.68 Å². The SMILES string of the molecule is CN(CCCOC(C)(c1ccnn1C)C1CCCCC1)CCOc1ccc2c(c1)OCO2. The predicted molar refractivity (Wildman–Crippen MR) is 123 cm³/mol. The predicted octanol–water partition coefficient (Wildman–Crippen LogP) is 4.36. The van der Waals surface area contributed by atoms with Crippen LogP contribution in [0.25, 0.3) is 0 Å². The number of hydrogen-bond donors (Lipinski definition) is 0. The lowest BCUT2D eigenvalue weighted by Crippen LogP contribution is -2.39. The van der Waals surface area contributed by atoms with Gasteiger partial charge in [0.1, 0.15) is 18.0 Å². The smallest absolute Gasteiger partial charge is 0.231 e. The van der Waals surface area contributed by atoms with E-state index in [0.717, 1.165) is 43.4 Å². The number of rotatable bonds is 11. The van der Waals surface area contributed by atoms with Gasteiger partial charge in [0.25, 0.3) is 0 Å². The number of nitrogens with zero attached hydrogens (tertiary/aromatic N) is 3. The Kier molecular flexibility index (Phi) is 7.58. The van der Waals surface area contributed by atoms with Crippen molar-refractivity contribution in [2.45, 2.75) is 51.0 Å². The van der Waals surface area contributed by atoms with Crippen molar-refractivity contribution in [3.05, 3.63) is 36.2 Å². The summed E-state index contributed by atoms with van der Waals surface area (Å²) in [7, 11) is 4.15. The fourth-order valence-corrected chi connectivity index (χ4v) is 4.93. The number of ether oxygens (including phenoxy) is 4. The fraction of sp³-hybridized carbons (Fsp3) is 0.640. The first-order valence-corrected chi connectivity index (χ1v) is 11.9. The summed E-state index contributed by atoms with van der Waals surface area (Å²) in [6.07, 6.45) is 9.28. The molecule has 32 heavy (non-hydrogen) atoms. The van der Waals surface area contributed by atoms with Crippen LogP contribution in [-0.2, 0) is 17.4 Å². The first-order chi connectivity index (χ1) is 15.6. The van der Waals surface area contributed by atoms with Crippen molar-refractivity contribution in [3.8, 4) is 17.2 Å². The van der Waals surface area contributed by atoms with Crippen LogP contribution < -0.4 is 14.2 Å². The first kappa shape index (κ1) is 22.9. The summed E-state index contributed by atoms with van der Waals surface area (Å²) in [5, 5.41) is 4.41. The summed E-state index contributed by atoms with van der Waals surface area (Å²) in [4.78, 5) is 2.29. The topological polar surface area (TPSA) is 58.0 Å². The molecule has 2 aromatic rings. The van der Waals surface area contributed by atoms with Gasteiger partial charge < -0.3 is 23.8 Å². The molecule has 1 aromatic heterocycles. The number of fused-ring (bicyclic) bond motifs is 1. The minimum Gasteiger partial charge on any atom is -0.492 e. The van der Waals surface area contributed by atoms with Crippen molar-refractivity contribution in [1.82, 2.24) is 14.7 Å². The lowest BCUT2D eigenvalue weighted by atomic mass is 9.76. The monoisotopic (exact) mass is 443 g/mol. The maximum Gasteiger partial charge on any atom is 0.231 e. The molecule has 1 aliphatic carbocycles. The van der Waals surface area contributed by atoms with Crippen molar-refractivity contribution >= 4 is 0 Å². The van der Waals surface area contributed by atoms with Gasteiger partial charge in [-0.2, -0.15) is 5.10 Å². The number of hydrogen-bond acceptors (Lipinski definition) is 6. The van der Waals surface area contributed by atoms with Gasteiger partial charge >= 0.3 is 0 Å². The Bertz CT molecular complexity index is 865. The minimum absolute atomic E-state index is 0.271. The second-order valence-electron chi connectivity index (χ2n) is 9.15. The zero-order valence-corrected chi connectivity index (χ0v) is 19.7. The van der Waals surface area contributed by atoms with Gasteiger partial charge in [0, 0.05) is 39.0 Å². The Morgan fingerprint density at radius 3 is 2.69 bits per heavy atom. The zero-order valence-electron chi connectivity index (χ0n) is 19.7. The average molecular weight is 444 g/mol. The molecule has 1 unspecified atom stereocenters. The van der Waals surface area contributed by atoms with Crippen LogP contribution >= 0.6 is 0 Å². The van der Waals surface area contributed by atoms with E-state index >= 15 is 0 Å². The third kappa shape index (κ3) is 5.38. The molecular formula is C25H37N3O4. The van der Waals surface area contributed by atoms with Crippen LogP contribution in [0, 0.1) is 5.92 Å². The van der Waals surface area contributed by atoms with Crippen LogP contribution in [0.2, 0.25) is 0 Å². The molecule has 1 saturated carbocycles. The summed E-state index contributed by atoms with van der Waals surface area (Å²) >= 11 is 0. The molecule has 176 valence electrons. The third-order valence-electron chi connectivity index (χ3n) is 6.89. The number of benzene rings is 1. The number of aromatic nitrogens is 2. The van der Waals surface area contributed by atoms with Gasteiger partial charge in [0.05, 0.1) is 5.69 Å². The first-order valence-electron chi connectivity index (χ1n) is 11.9. The summed E-state index contributed by atoms with van der Waals surface area (Å²) in [6.45, 7) is 5.75. The molecule has 0 bridgehead atoms. The minimum atomic E-state index is -0.271. The van der Waals surface area contributed by atoms with E-state index < -0.39 is 0 Å². The van der Waals surface area contributed by atoms with Crippen LogP contribution in [0.1, 0.15) is 51.1 Å². The van der Waals surface area contributed by atoms with Crippen molar-refractivity contribution < 1.29 is 18.9 Å². The van der Waals surface area contributed by atoms with Gasteiger partial charge in [0.2, 0.25) is 6.79 Å². The standard InChI is InChI=1S/C25H37N3O4/c1-25(20-8-5-4-6-9-20,24-12-13-26-28(24)3)32-16-7-14-27(2)15-17-29-21-10-11-22-23(18-21)31-19-30-22/h10-13,18,20H,4-9,14-17,19H2,1-3H3. The van der Waals surface area contributed by atoms with E-state index in [1.807, 2.05) is 36.1 Å². The highest BCUT2D eigenvalue weighted by Gasteiger charge is 2.39. The largest absolute Gasteiger partial charge is 0.492 e. The Morgan fingerprint density at radius 2 is 1.91 bits per heavy atom. The molecule has 0 N–H and O–H groups in total. The molecule has 1 aliphatic heterocycles. The van der Waals surface area contributed by atoms with Crippen LogP contribution in [-0.4, -0.2) is 54.8 Å². The molecule has 4 rings (SSSR count). The highest BCUT2D eigenvalue weighted by atomic mass is 16.7. The summed E-state index contributed by atoms with van der Waals surface area (Å²) in [6, 6.07) is 7.82. The molecule has 1 atom stereocenters. The molecule has 0 spiro atoms. The van der Waals surface area contributed by atoms with E-state index in [0.29, 0.717) is 12.5 Å². The highest BCUT2D eigenvalue weighted by molar-refractivity contribution is 5.46. The van der Waals surface area contributed by atoms with E-state index in [9.17, 15) is 0 Å². The van der Waals surface area contributed by atoms with Crippen LogP contribution in [0.15, 0.2) is 30.5 Å². The van der Waals surface area contributed by atoms with Crippen LogP contribution in [0.3, 0.4) is 0 Å². The molecular weight excluding hydrogens is 406 g/mol. The summed E-state index contributed by atoms with van der Waals surface area (Å²) in [5.74, 6) is 2.90. The van der Waals surface area contributed by atoms with E-state index in [-0.39, 0.29) is 12.4 Å². The fourth-order valence-electron chi connectivity index (χ4n) is 4.93. The second kappa shape index (κ2) is 10.6. The van der Waals surface area contributed by atoms with Crippen LogP contribution in [0.5, 0.6) is 17.2 Å². The molecule has 7 nitrogen and oxygen atoms in total. The normalized spacial score (nSPS) is 18.1. The Balaban J connectivity index is 1.21. The van der Waals surface area contributed by atoms with Crippen molar-refractivity contribution in [2.24, 2.45) is 13.0 Å². The van der Waals surface area contributed by atoms with Crippen molar-refractivity contribution in [3.63, 3.8) is 0 Å². The maximum atomic E-state index is 6.62. The second-order valence-corrected chi connectivity index (χ2v) is 9.15. The zero-order chi connectivity index (χ0) is 22.4. The van der Waals surface area contributed by atoms with Crippen molar-refractivity contribution in [2.75, 3.05) is 40.1 Å². The number of likely N-dealkylation sites (N-methyl/N-ethyl adjacent to an activating group) is 1. The third-order valence-corrected chi connectivity index (χ3v) is 6.89. The summed E-state index contributed by atoms with van der Waals surface area (Å²) in [5.41, 5.74) is 0.919. The molecule has 2 aliphatic rings. The van der Waals surface area contributed by atoms with E-state index in [2.05, 4.69) is 30.0 Å². The molecule has 0 saturated heterocycles. The lowest BCUT2D eigenvalue weighted by Gasteiger charge is -2.40. The molecule has 2 heterocycles. The van der Waals surface area contributed by atoms with Gasteiger partial charge in [0.15, 0.2) is 11.5 Å². The van der Waals surface area contributed by atoms with Gasteiger partial charge in [-0.15, -0.1) is 0 Å². The Labute approximate surface area is 191 Å².